The number of nitriles is 1. The number of rotatable bonds is 5. The molecule has 0 aliphatic carbocycles. The van der Waals surface area contributed by atoms with Gasteiger partial charge in [-0.2, -0.15) is 5.26 Å². The summed E-state index contributed by atoms with van der Waals surface area (Å²) in [4.78, 5) is 11.7. The topological polar surface area (TPSA) is 109 Å². The molecule has 4 rings (SSSR count). The highest BCUT2D eigenvalue weighted by molar-refractivity contribution is 6.10. The minimum Gasteiger partial charge on any atom is -0.484 e. The average molecular weight is 373 g/mol. The van der Waals surface area contributed by atoms with Crippen molar-refractivity contribution in [3.8, 4) is 22.9 Å². The molecule has 0 atom stereocenters. The molecular formula is C21H19N5O2. The molecule has 0 unspecified atom stereocenters. The first-order chi connectivity index (χ1) is 13.7. The van der Waals surface area contributed by atoms with E-state index in [9.17, 15) is 5.26 Å². The molecule has 1 aromatic carbocycles. The monoisotopic (exact) mass is 373 g/mol. The summed E-state index contributed by atoms with van der Waals surface area (Å²) < 4.78 is 10.9. The molecule has 0 bridgehead atoms. The Bertz CT molecular complexity index is 1120. The molecule has 2 aromatic heterocycles. The summed E-state index contributed by atoms with van der Waals surface area (Å²) in [6, 6.07) is 9.83. The predicted molar refractivity (Wildman–Crippen MR) is 108 cm³/mol. The van der Waals surface area contributed by atoms with Gasteiger partial charge in [0.05, 0.1) is 18.8 Å². The van der Waals surface area contributed by atoms with Gasteiger partial charge in [0.1, 0.15) is 23.6 Å². The molecule has 0 spiro atoms. The number of H-pyrrole nitrogens is 1. The van der Waals surface area contributed by atoms with Crippen LogP contribution in [0.25, 0.3) is 27.7 Å². The maximum Gasteiger partial charge on any atom is 0.145 e. The lowest BCUT2D eigenvalue weighted by Crippen LogP contribution is -2.38. The molecule has 7 heteroatoms. The number of aromatic nitrogens is 2. The van der Waals surface area contributed by atoms with Crippen molar-refractivity contribution in [3.63, 3.8) is 0 Å². The van der Waals surface area contributed by atoms with Gasteiger partial charge in [0.2, 0.25) is 0 Å². The van der Waals surface area contributed by atoms with Crippen molar-refractivity contribution in [1.29, 1.82) is 5.26 Å². The quantitative estimate of drug-likeness (QED) is 0.668. The number of pyridine rings is 1. The number of nitrogens with one attached hydrogen (secondary N) is 1. The van der Waals surface area contributed by atoms with Crippen molar-refractivity contribution < 1.29 is 9.47 Å². The molecule has 0 radical (unpaired) electrons. The number of nitrogens with zero attached hydrogens (tertiary/aromatic N) is 3. The summed E-state index contributed by atoms with van der Waals surface area (Å²) in [7, 11) is 1.69. The maximum atomic E-state index is 9.55. The number of fused-ring (bicyclic) bond motifs is 1. The minimum atomic E-state index is 0.0134. The molecule has 1 aliphatic rings. The van der Waals surface area contributed by atoms with Gasteiger partial charge in [0.25, 0.3) is 0 Å². The Morgan fingerprint density at radius 2 is 2.29 bits per heavy atom. The molecule has 28 heavy (non-hydrogen) atoms. The smallest absolute Gasteiger partial charge is 0.145 e. The number of ether oxygens (including phenoxy) is 2. The Morgan fingerprint density at radius 1 is 1.43 bits per heavy atom. The lowest BCUT2D eigenvalue weighted by Gasteiger charge is -2.27. The number of hydrogen-bond acceptors (Lipinski definition) is 6. The van der Waals surface area contributed by atoms with Gasteiger partial charge in [-0.05, 0) is 23.8 Å². The van der Waals surface area contributed by atoms with Crippen molar-refractivity contribution >= 4 is 22.8 Å². The summed E-state index contributed by atoms with van der Waals surface area (Å²) in [6.07, 6.45) is 6.85. The zero-order valence-corrected chi connectivity index (χ0v) is 15.3. The van der Waals surface area contributed by atoms with Crippen LogP contribution in [-0.2, 0) is 4.74 Å². The highest BCUT2D eigenvalue weighted by atomic mass is 16.6. The summed E-state index contributed by atoms with van der Waals surface area (Å²) in [6.45, 7) is 1.11. The van der Waals surface area contributed by atoms with Gasteiger partial charge in [0, 0.05) is 53.9 Å². The Kier molecular flexibility index (Phi) is 4.79. The van der Waals surface area contributed by atoms with Crippen LogP contribution in [0.5, 0.6) is 5.75 Å². The molecule has 1 saturated heterocycles. The first-order valence-electron chi connectivity index (χ1n) is 8.84. The summed E-state index contributed by atoms with van der Waals surface area (Å²) in [5.74, 6) is 0.575. The standard InChI is InChI=1S/C21H19N5O2/c1-24-8-16(7-23)15-5-18-19(10-26-21(18)25-9-15)13-2-3-20(14(4-13)6-22)28-17-11-27-12-17/h2-5,7-10,17H,11-12,23H2,1H3,(H,25,26). The van der Waals surface area contributed by atoms with E-state index >= 15 is 0 Å². The molecule has 140 valence electrons. The van der Waals surface area contributed by atoms with Crippen LogP contribution in [0.1, 0.15) is 11.1 Å². The number of aromatic amines is 1. The third kappa shape index (κ3) is 3.21. The lowest BCUT2D eigenvalue weighted by atomic mass is 10.0. The molecule has 3 heterocycles. The Balaban J connectivity index is 1.75. The van der Waals surface area contributed by atoms with Crippen molar-refractivity contribution in [1.82, 2.24) is 9.97 Å². The highest BCUT2D eigenvalue weighted by Crippen LogP contribution is 2.33. The fourth-order valence-corrected chi connectivity index (χ4v) is 3.10. The maximum absolute atomic E-state index is 9.55. The number of benzene rings is 1. The van der Waals surface area contributed by atoms with Crippen LogP contribution >= 0.6 is 0 Å². The van der Waals surface area contributed by atoms with E-state index in [-0.39, 0.29) is 6.10 Å². The number of aliphatic imine (C=N–C) groups is 1. The van der Waals surface area contributed by atoms with Gasteiger partial charge in [-0.15, -0.1) is 0 Å². The van der Waals surface area contributed by atoms with E-state index in [2.05, 4.69) is 21.0 Å². The second kappa shape index (κ2) is 7.55. The van der Waals surface area contributed by atoms with Crippen LogP contribution < -0.4 is 10.5 Å². The molecule has 1 aliphatic heterocycles. The van der Waals surface area contributed by atoms with Crippen LogP contribution in [0.4, 0.5) is 0 Å². The number of nitrogens with two attached hydrogens (primary N) is 1. The van der Waals surface area contributed by atoms with Crippen molar-refractivity contribution in [3.05, 3.63) is 54.0 Å². The highest BCUT2D eigenvalue weighted by Gasteiger charge is 2.21. The second-order valence-corrected chi connectivity index (χ2v) is 6.43. The van der Waals surface area contributed by atoms with Gasteiger partial charge in [-0.1, -0.05) is 6.07 Å². The van der Waals surface area contributed by atoms with Crippen LogP contribution in [-0.4, -0.2) is 42.5 Å². The third-order valence-corrected chi connectivity index (χ3v) is 4.62. The fourth-order valence-electron chi connectivity index (χ4n) is 3.10. The molecule has 3 aromatic rings. The third-order valence-electron chi connectivity index (χ3n) is 4.62. The first kappa shape index (κ1) is 17.8. The van der Waals surface area contributed by atoms with E-state index in [1.807, 2.05) is 30.5 Å². The summed E-state index contributed by atoms with van der Waals surface area (Å²) in [5.41, 5.74) is 10.5. The zero-order valence-electron chi connectivity index (χ0n) is 15.3. The Morgan fingerprint density at radius 3 is 2.96 bits per heavy atom. The van der Waals surface area contributed by atoms with Crippen molar-refractivity contribution in [2.75, 3.05) is 20.3 Å². The zero-order chi connectivity index (χ0) is 19.5. The SMILES string of the molecule is CN=CC(=CN)c1cnc2[nH]cc(-c3ccc(OC4COC4)c(C#N)c3)c2c1. The lowest BCUT2D eigenvalue weighted by molar-refractivity contribution is -0.0797. The molecule has 0 amide bonds. The molecule has 1 fully saturated rings. The molecular weight excluding hydrogens is 354 g/mol. The van der Waals surface area contributed by atoms with Crippen LogP contribution in [0, 0.1) is 11.3 Å². The normalized spacial score (nSPS) is 14.9. The predicted octanol–water partition coefficient (Wildman–Crippen LogP) is 2.88. The van der Waals surface area contributed by atoms with Gasteiger partial charge >= 0.3 is 0 Å². The fraction of sp³-hybridized carbons (Fsp3) is 0.190. The second-order valence-electron chi connectivity index (χ2n) is 6.43. The summed E-state index contributed by atoms with van der Waals surface area (Å²) >= 11 is 0. The Labute approximate surface area is 162 Å². The average Bonchev–Trinajstić information content (AvgIpc) is 3.12. The van der Waals surface area contributed by atoms with E-state index in [4.69, 9.17) is 15.2 Å². The number of allylic oxidation sites excluding steroid dienone is 1. The van der Waals surface area contributed by atoms with Crippen LogP contribution in [0.2, 0.25) is 0 Å². The van der Waals surface area contributed by atoms with E-state index in [1.165, 1.54) is 6.20 Å². The van der Waals surface area contributed by atoms with Gasteiger partial charge in [0.15, 0.2) is 0 Å². The Hall–Kier alpha value is -3.63. The van der Waals surface area contributed by atoms with Gasteiger partial charge in [-0.25, -0.2) is 4.98 Å². The molecule has 0 saturated carbocycles. The molecule has 3 N–H and O–H groups in total. The van der Waals surface area contributed by atoms with Crippen LogP contribution in [0.3, 0.4) is 0 Å². The number of hydrogen-bond donors (Lipinski definition) is 2. The van der Waals surface area contributed by atoms with Crippen molar-refractivity contribution in [2.24, 2.45) is 10.7 Å². The minimum absolute atomic E-state index is 0.0134. The van der Waals surface area contributed by atoms with E-state index in [1.54, 1.807) is 19.5 Å². The van der Waals surface area contributed by atoms with Gasteiger partial charge in [-0.3, -0.25) is 4.99 Å². The van der Waals surface area contributed by atoms with E-state index in [0.717, 1.165) is 33.3 Å². The van der Waals surface area contributed by atoms with Crippen molar-refractivity contribution in [2.45, 2.75) is 6.10 Å². The first-order valence-corrected chi connectivity index (χ1v) is 8.84. The molecule has 7 nitrogen and oxygen atoms in total. The van der Waals surface area contributed by atoms with E-state index < -0.39 is 0 Å². The van der Waals surface area contributed by atoms with Gasteiger partial charge < -0.3 is 20.2 Å². The van der Waals surface area contributed by atoms with Crippen LogP contribution in [0.15, 0.2) is 47.9 Å². The summed E-state index contributed by atoms with van der Waals surface area (Å²) in [5, 5.41) is 10.5. The largest absolute Gasteiger partial charge is 0.484 e. The van der Waals surface area contributed by atoms with E-state index in [0.29, 0.717) is 24.5 Å².